The van der Waals surface area contributed by atoms with E-state index in [1.54, 1.807) is 6.07 Å². The minimum atomic E-state index is -0.491. The molecule has 0 radical (unpaired) electrons. The van der Waals surface area contributed by atoms with Gasteiger partial charge in [-0.05, 0) is 96.6 Å². The first-order valence-electron chi connectivity index (χ1n) is 13.7. The fourth-order valence-corrected chi connectivity index (χ4v) is 7.63. The number of Topliss-reactive ketones (excluding diaryl/α,β-unsaturated/α-hetero) is 1. The van der Waals surface area contributed by atoms with Gasteiger partial charge >= 0.3 is 0 Å². The van der Waals surface area contributed by atoms with E-state index in [1.165, 1.54) is 49.7 Å². The molecule has 182 valence electrons. The second kappa shape index (κ2) is 9.17. The van der Waals surface area contributed by atoms with Gasteiger partial charge < -0.3 is 5.32 Å². The highest BCUT2D eigenvalue weighted by Gasteiger charge is 2.43. The van der Waals surface area contributed by atoms with E-state index >= 15 is 4.39 Å². The van der Waals surface area contributed by atoms with Gasteiger partial charge in [-0.3, -0.25) is 4.79 Å². The van der Waals surface area contributed by atoms with E-state index in [-0.39, 0.29) is 30.5 Å². The highest BCUT2D eigenvalue weighted by atomic mass is 19.1. The highest BCUT2D eigenvalue weighted by molar-refractivity contribution is 5.85. The molecule has 3 aliphatic carbocycles. The van der Waals surface area contributed by atoms with Gasteiger partial charge in [0.1, 0.15) is 5.82 Å². The quantitative estimate of drug-likeness (QED) is 0.530. The predicted molar refractivity (Wildman–Crippen MR) is 135 cm³/mol. The van der Waals surface area contributed by atoms with E-state index in [1.807, 2.05) is 12.1 Å². The molecule has 35 heavy (non-hydrogen) atoms. The van der Waals surface area contributed by atoms with E-state index in [0.717, 1.165) is 36.8 Å². The molecule has 2 aromatic rings. The lowest BCUT2D eigenvalue weighted by Gasteiger charge is -2.34. The van der Waals surface area contributed by atoms with Crippen LogP contribution in [0.2, 0.25) is 0 Å². The number of carbonyl (C=O) groups excluding carboxylic acids is 1. The molecule has 1 aliphatic heterocycles. The normalized spacial score (nSPS) is 27.0. The van der Waals surface area contributed by atoms with Crippen molar-refractivity contribution in [2.24, 2.45) is 11.8 Å². The zero-order chi connectivity index (χ0) is 24.0. The van der Waals surface area contributed by atoms with Gasteiger partial charge in [0.2, 0.25) is 0 Å². The Balaban J connectivity index is 1.17. The number of carbonyl (C=O) groups is 1. The van der Waals surface area contributed by atoms with Gasteiger partial charge in [0, 0.05) is 12.5 Å². The maximum atomic E-state index is 15.2. The number of benzene rings is 2. The second-order valence-corrected chi connectivity index (χ2v) is 11.6. The van der Waals surface area contributed by atoms with Crippen LogP contribution in [-0.2, 0) is 23.1 Å². The van der Waals surface area contributed by atoms with Crippen LogP contribution in [-0.4, -0.2) is 17.9 Å². The molecule has 0 aromatic heterocycles. The second-order valence-electron chi connectivity index (χ2n) is 11.6. The Labute approximate surface area is 208 Å². The summed E-state index contributed by atoms with van der Waals surface area (Å²) in [5.41, 5.74) is 5.80. The average molecular weight is 471 g/mol. The van der Waals surface area contributed by atoms with Crippen molar-refractivity contribution in [3.8, 4) is 17.2 Å². The van der Waals surface area contributed by atoms with Crippen LogP contribution in [0.4, 0.5) is 4.39 Å². The lowest BCUT2D eigenvalue weighted by molar-refractivity contribution is -0.122. The molecule has 1 saturated heterocycles. The first kappa shape index (κ1) is 22.9. The monoisotopic (exact) mass is 470 g/mol. The van der Waals surface area contributed by atoms with Crippen molar-refractivity contribution in [3.63, 3.8) is 0 Å². The van der Waals surface area contributed by atoms with Crippen LogP contribution < -0.4 is 5.32 Å². The van der Waals surface area contributed by atoms with Crippen LogP contribution in [0.3, 0.4) is 0 Å². The fourth-order valence-electron chi connectivity index (χ4n) is 7.63. The van der Waals surface area contributed by atoms with Crippen LogP contribution in [0.25, 0.3) is 11.1 Å². The van der Waals surface area contributed by atoms with E-state index in [2.05, 4.69) is 29.6 Å². The maximum absolute atomic E-state index is 15.2. The molecule has 3 fully saturated rings. The van der Waals surface area contributed by atoms with E-state index in [4.69, 9.17) is 0 Å². The molecule has 4 atom stereocenters. The lowest BCUT2D eigenvalue weighted by Crippen LogP contribution is -2.42. The number of piperidine rings is 1. The van der Waals surface area contributed by atoms with Gasteiger partial charge in [0.15, 0.2) is 5.78 Å². The van der Waals surface area contributed by atoms with E-state index in [9.17, 15) is 10.1 Å². The van der Waals surface area contributed by atoms with Gasteiger partial charge in [-0.25, -0.2) is 4.39 Å². The molecule has 1 spiro atoms. The Kier molecular flexibility index (Phi) is 6.01. The van der Waals surface area contributed by atoms with Gasteiger partial charge in [0.25, 0.3) is 0 Å². The van der Waals surface area contributed by atoms with E-state index in [0.29, 0.717) is 22.9 Å². The summed E-state index contributed by atoms with van der Waals surface area (Å²) in [5, 5.41) is 13.1. The molecule has 0 amide bonds. The number of fused-ring (bicyclic) bond motifs is 4. The standard InChI is InChI=1S/C31H35FN2O/c32-28-18-23(22-5-4-21-10-13-31(27(21)17-22)11-2-1-3-12-31)6-7-24(28)14-20(19-33)15-29(35)30-25-8-9-26(16-25)34-30/h4-7,17-18,20,25-26,30,34H,1-3,8-16H2/t20-,25+,26-,30+/m1/s1. The summed E-state index contributed by atoms with van der Waals surface area (Å²) < 4.78 is 15.2. The summed E-state index contributed by atoms with van der Waals surface area (Å²) in [5.74, 6) is -0.227. The van der Waals surface area contributed by atoms with Crippen molar-refractivity contribution in [2.75, 3.05) is 0 Å². The van der Waals surface area contributed by atoms with Crippen LogP contribution in [0.1, 0.15) is 80.9 Å². The largest absolute Gasteiger partial charge is 0.304 e. The number of aryl methyl sites for hydroxylation is 1. The van der Waals surface area contributed by atoms with Crippen molar-refractivity contribution in [2.45, 2.75) is 94.5 Å². The maximum Gasteiger partial charge on any atom is 0.151 e. The molecular formula is C31H35FN2O. The molecule has 4 heteroatoms. The number of nitrogens with one attached hydrogen (secondary N) is 1. The van der Waals surface area contributed by atoms with Crippen molar-refractivity contribution >= 4 is 5.78 Å². The lowest BCUT2D eigenvalue weighted by atomic mass is 9.70. The minimum Gasteiger partial charge on any atom is -0.304 e. The summed E-state index contributed by atoms with van der Waals surface area (Å²) in [7, 11) is 0. The third-order valence-corrected chi connectivity index (χ3v) is 9.55. The summed E-state index contributed by atoms with van der Waals surface area (Å²) in [6.45, 7) is 0. The van der Waals surface area contributed by atoms with Crippen molar-refractivity contribution in [3.05, 3.63) is 58.9 Å². The predicted octanol–water partition coefficient (Wildman–Crippen LogP) is 6.42. The number of ketones is 1. The van der Waals surface area contributed by atoms with E-state index < -0.39 is 5.92 Å². The topological polar surface area (TPSA) is 52.9 Å². The fraction of sp³-hybridized carbons (Fsp3) is 0.548. The molecule has 2 saturated carbocycles. The number of hydrogen-bond acceptors (Lipinski definition) is 3. The van der Waals surface area contributed by atoms with Gasteiger partial charge in [-0.15, -0.1) is 0 Å². The molecular weight excluding hydrogens is 435 g/mol. The number of nitrogens with zero attached hydrogens (tertiary/aromatic N) is 1. The Morgan fingerprint density at radius 1 is 1.09 bits per heavy atom. The molecule has 2 bridgehead atoms. The minimum absolute atomic E-state index is 0.107. The molecule has 1 N–H and O–H groups in total. The van der Waals surface area contributed by atoms with Crippen LogP contribution in [0.5, 0.6) is 0 Å². The molecule has 4 aliphatic rings. The molecule has 3 nitrogen and oxygen atoms in total. The summed E-state index contributed by atoms with van der Waals surface area (Å²) in [4.78, 5) is 12.8. The third kappa shape index (κ3) is 4.23. The highest BCUT2D eigenvalue weighted by Crippen LogP contribution is 2.49. The zero-order valence-corrected chi connectivity index (χ0v) is 20.5. The van der Waals surface area contributed by atoms with Gasteiger partial charge in [0.05, 0.1) is 18.0 Å². The van der Waals surface area contributed by atoms with Crippen molar-refractivity contribution in [1.29, 1.82) is 5.26 Å². The van der Waals surface area contributed by atoms with Crippen LogP contribution in [0.15, 0.2) is 36.4 Å². The first-order chi connectivity index (χ1) is 17.0. The summed E-state index contributed by atoms with van der Waals surface area (Å²) in [6.07, 6.45) is 12.8. The number of rotatable bonds is 6. The Morgan fingerprint density at radius 2 is 1.89 bits per heavy atom. The summed E-state index contributed by atoms with van der Waals surface area (Å²) in [6, 6.07) is 14.7. The SMILES string of the molecule is N#C[C@@H](CC(=O)[C@H]1N[C@@H]2CC[C@H]1C2)Cc1ccc(-c2ccc3c(c2)C2(CCCCC2)CC3)cc1F. The molecule has 1 heterocycles. The van der Waals surface area contributed by atoms with Crippen LogP contribution >= 0.6 is 0 Å². The molecule has 2 aromatic carbocycles. The Bertz CT molecular complexity index is 1170. The van der Waals surface area contributed by atoms with Crippen molar-refractivity contribution < 1.29 is 9.18 Å². The molecule has 6 rings (SSSR count). The Hall–Kier alpha value is -2.51. The van der Waals surface area contributed by atoms with Gasteiger partial charge in [-0.1, -0.05) is 49.6 Å². The first-order valence-corrected chi connectivity index (χ1v) is 13.7. The summed E-state index contributed by atoms with van der Waals surface area (Å²) >= 11 is 0. The number of halogens is 1. The average Bonchev–Trinajstić information content (AvgIpc) is 3.61. The smallest absolute Gasteiger partial charge is 0.151 e. The molecule has 0 unspecified atom stereocenters. The number of nitriles is 1. The van der Waals surface area contributed by atoms with Crippen molar-refractivity contribution in [1.82, 2.24) is 5.32 Å². The number of hydrogen-bond donors (Lipinski definition) is 1. The zero-order valence-electron chi connectivity index (χ0n) is 20.5. The van der Waals surface area contributed by atoms with Crippen LogP contribution in [0, 0.1) is 29.0 Å². The van der Waals surface area contributed by atoms with Gasteiger partial charge in [-0.2, -0.15) is 5.26 Å². The third-order valence-electron chi connectivity index (χ3n) is 9.55. The Morgan fingerprint density at radius 3 is 2.60 bits per heavy atom.